The Bertz CT molecular complexity index is 2160. The van der Waals surface area contributed by atoms with E-state index in [2.05, 4.69) is 233 Å². The first-order chi connectivity index (χ1) is 25.4. The average molecular weight is 747 g/mol. The molecule has 0 aliphatic carbocycles. The molecule has 0 radical (unpaired) electrons. The molecule has 7 aromatic rings. The molecule has 4 nitrogen and oxygen atoms in total. The summed E-state index contributed by atoms with van der Waals surface area (Å²) in [6, 6.07) is 49.7. The van der Waals surface area contributed by atoms with Gasteiger partial charge in [0.05, 0.1) is 0 Å². The zero-order valence-corrected chi connectivity index (χ0v) is 36.5. The Morgan fingerprint density at radius 2 is 0.648 bits per heavy atom. The van der Waals surface area contributed by atoms with Crippen LogP contribution in [-0.4, -0.2) is 25.9 Å². The van der Waals surface area contributed by atoms with Crippen LogP contribution in [0.2, 0.25) is 0 Å². The largest absolute Gasteiger partial charge is 0.425 e. The fraction of sp³-hybridized carbons (Fsp3) is 0.333. The lowest BCUT2D eigenvalue weighted by atomic mass is 10.0. The number of hydrogen-bond acceptors (Lipinski definition) is 0. The van der Waals surface area contributed by atoms with E-state index in [9.17, 15) is 0 Å². The quantitative estimate of drug-likeness (QED) is 0.151. The molecule has 6 heteroatoms. The van der Waals surface area contributed by atoms with Gasteiger partial charge in [0.2, 0.25) is 0 Å². The maximum Gasteiger partial charge on any atom is 0.152 e. The third-order valence-corrected chi connectivity index (χ3v) is 17.3. The summed E-state index contributed by atoms with van der Waals surface area (Å²) in [5, 5.41) is 2.87. The van der Waals surface area contributed by atoms with E-state index in [4.69, 9.17) is 0 Å². The highest BCUT2D eigenvalue weighted by Gasteiger charge is 2.34. The third kappa shape index (κ3) is 6.73. The number of benzene rings is 5. The van der Waals surface area contributed by atoms with Gasteiger partial charge in [-0.25, -0.2) is 0 Å². The van der Waals surface area contributed by atoms with Crippen LogP contribution < -0.4 is 8.44 Å². The molecule has 278 valence electrons. The summed E-state index contributed by atoms with van der Waals surface area (Å²) in [4.78, 5) is 0. The van der Waals surface area contributed by atoms with E-state index >= 15 is 0 Å². The van der Waals surface area contributed by atoms with E-state index in [0.29, 0.717) is 0 Å². The van der Waals surface area contributed by atoms with Crippen molar-refractivity contribution < 1.29 is 8.44 Å². The molecular formula is C48H58N4Si2. The van der Waals surface area contributed by atoms with E-state index in [1.165, 1.54) is 55.4 Å². The van der Waals surface area contributed by atoms with E-state index in [1.807, 2.05) is 0 Å². The lowest BCUT2D eigenvalue weighted by Crippen LogP contribution is -2.70. The van der Waals surface area contributed by atoms with Crippen molar-refractivity contribution in [2.24, 2.45) is 0 Å². The van der Waals surface area contributed by atoms with Crippen molar-refractivity contribution in [2.75, 3.05) is 0 Å². The average Bonchev–Trinajstić information content (AvgIpc) is 3.06. The Morgan fingerprint density at radius 3 is 0.944 bits per heavy atom. The van der Waals surface area contributed by atoms with Crippen molar-refractivity contribution in [2.45, 2.75) is 105 Å². The Hall–Kier alpha value is -4.53. The lowest BCUT2D eigenvalue weighted by Gasteiger charge is -2.49. The normalized spacial score (nSPS) is 12.8. The maximum atomic E-state index is 2.73. The van der Waals surface area contributed by atoms with Gasteiger partial charge in [-0.1, -0.05) is 109 Å². The predicted molar refractivity (Wildman–Crippen MR) is 230 cm³/mol. The molecule has 0 unspecified atom stereocenters. The zero-order chi connectivity index (χ0) is 38.8. The minimum absolute atomic E-state index is 0.0358. The van der Waals surface area contributed by atoms with Gasteiger partial charge in [-0.15, -0.1) is 10.4 Å². The smallest absolute Gasteiger partial charge is 0.152 e. The number of nitrogens with zero attached hydrogens (tertiary/aromatic N) is 4. The Kier molecular flexibility index (Phi) is 9.55. The van der Waals surface area contributed by atoms with E-state index in [1.54, 1.807) is 0 Å². The molecule has 0 fully saturated rings. The summed E-state index contributed by atoms with van der Waals surface area (Å²) >= 11 is 0. The van der Waals surface area contributed by atoms with Gasteiger partial charge in [0, 0.05) is 33.3 Å². The van der Waals surface area contributed by atoms with Gasteiger partial charge in [0.15, 0.2) is 11.6 Å². The summed E-state index contributed by atoms with van der Waals surface area (Å²) in [5.74, 6) is 2.68. The first kappa shape index (κ1) is 37.8. The molecule has 0 aliphatic rings. The zero-order valence-electron chi connectivity index (χ0n) is 34.5. The fourth-order valence-electron chi connectivity index (χ4n) is 8.12. The van der Waals surface area contributed by atoms with Crippen molar-refractivity contribution in [1.29, 1.82) is 0 Å². The van der Waals surface area contributed by atoms with Crippen molar-refractivity contribution in [3.8, 4) is 55.4 Å². The Labute approximate surface area is 327 Å². The van der Waals surface area contributed by atoms with Crippen LogP contribution >= 0.6 is 0 Å². The lowest BCUT2D eigenvalue weighted by molar-refractivity contribution is -0.713. The number of hydrogen-bond donors (Lipinski definition) is 0. The van der Waals surface area contributed by atoms with Crippen LogP contribution in [0.1, 0.15) is 83.1 Å². The topological polar surface area (TPSA) is 17.6 Å². The van der Waals surface area contributed by atoms with Crippen LogP contribution in [0.5, 0.6) is 0 Å². The van der Waals surface area contributed by atoms with E-state index in [0.717, 1.165) is 0 Å². The monoisotopic (exact) mass is 746 g/mol. The molecule has 0 atom stereocenters. The van der Waals surface area contributed by atoms with Crippen molar-refractivity contribution >= 4 is 17.5 Å². The molecule has 0 bridgehead atoms. The molecule has 0 saturated heterocycles. The second kappa shape index (κ2) is 13.6. The Morgan fingerprint density at radius 1 is 0.352 bits per heavy atom. The molecule has 0 spiro atoms. The minimum Gasteiger partial charge on any atom is -0.425 e. The summed E-state index contributed by atoms with van der Waals surface area (Å²) in [5.41, 5.74) is 7.62. The number of rotatable bonds is 6. The van der Waals surface area contributed by atoms with Crippen molar-refractivity contribution in [3.63, 3.8) is 0 Å². The van der Waals surface area contributed by atoms with Gasteiger partial charge in [-0.05, 0) is 130 Å². The second-order valence-corrected chi connectivity index (χ2v) is 22.9. The summed E-state index contributed by atoms with van der Waals surface area (Å²) in [6.07, 6.45) is 0. The molecular weight excluding hydrogens is 689 g/mol. The van der Waals surface area contributed by atoms with Crippen LogP contribution in [0.3, 0.4) is 0 Å². The molecule has 0 aliphatic heterocycles. The van der Waals surface area contributed by atoms with Gasteiger partial charge in [0.1, 0.15) is 17.5 Å². The number of aromatic nitrogens is 4. The van der Waals surface area contributed by atoms with Crippen molar-refractivity contribution in [1.82, 2.24) is 8.44 Å². The van der Waals surface area contributed by atoms with Crippen LogP contribution in [0.25, 0.3) is 55.4 Å². The van der Waals surface area contributed by atoms with E-state index < -0.39 is 17.5 Å². The molecule has 0 N–H and O–H groups in total. The minimum atomic E-state index is -1.31. The molecule has 7 rings (SSSR count). The van der Waals surface area contributed by atoms with Gasteiger partial charge in [0.25, 0.3) is 0 Å². The predicted octanol–water partition coefficient (Wildman–Crippen LogP) is 11.0. The van der Waals surface area contributed by atoms with Crippen LogP contribution in [0.4, 0.5) is 0 Å². The third-order valence-electron chi connectivity index (χ3n) is 10.3. The SMILES string of the molecule is CC(C)(C)n1c(-c2ccccc2)[n+](C(C)(C)C)[si-]1-c1ccccc1-c1ccc(-c2ccccc2-[si-]2n(C(C)(C)C)c(-c3ccccc3)[n+]2C(C)(C)C)cc1. The molecule has 2 heterocycles. The molecule has 54 heavy (non-hydrogen) atoms. The van der Waals surface area contributed by atoms with Gasteiger partial charge >= 0.3 is 0 Å². The maximum absolute atomic E-state index is 2.73. The first-order valence-electron chi connectivity index (χ1n) is 19.5. The van der Waals surface area contributed by atoms with Gasteiger partial charge in [-0.3, -0.25) is 0 Å². The first-order valence-corrected chi connectivity index (χ1v) is 22.3. The fourth-order valence-corrected chi connectivity index (χ4v) is 14.9. The Balaban J connectivity index is 1.37. The van der Waals surface area contributed by atoms with Crippen LogP contribution in [-0.2, 0) is 22.2 Å². The van der Waals surface area contributed by atoms with Gasteiger partial charge < -0.3 is 16.9 Å². The summed E-state index contributed by atoms with van der Waals surface area (Å²) < 4.78 is 10.9. The van der Waals surface area contributed by atoms with Gasteiger partial charge in [-0.2, -0.15) is 0 Å². The molecule has 2 aromatic heterocycles. The van der Waals surface area contributed by atoms with Crippen LogP contribution in [0, 0.1) is 0 Å². The summed E-state index contributed by atoms with van der Waals surface area (Å²) in [7, 11) is -2.62. The van der Waals surface area contributed by atoms with Crippen LogP contribution in [0.15, 0.2) is 133 Å². The second-order valence-electron chi connectivity index (χ2n) is 18.7. The molecule has 0 saturated carbocycles. The highest BCUT2D eigenvalue weighted by molar-refractivity contribution is 6.56. The van der Waals surface area contributed by atoms with E-state index in [-0.39, 0.29) is 22.2 Å². The highest BCUT2D eigenvalue weighted by atomic mass is 28.2. The van der Waals surface area contributed by atoms with Crippen molar-refractivity contribution in [3.05, 3.63) is 133 Å². The molecule has 5 aromatic carbocycles. The highest BCUT2D eigenvalue weighted by Crippen LogP contribution is 2.37. The molecule has 0 amide bonds. The summed E-state index contributed by atoms with van der Waals surface area (Å²) in [6.45, 7) is 28.4. The standard InChI is InChI=1S/C48H58N4Si2/c1-45(2,3)49-43(37-23-15-13-16-24-37)50(46(4,5)6)53(49)41-29-21-19-27-39(41)35-31-33-36(34-32-35)40-28-20-22-30-42(40)54-51(47(7,8)9)44(52(54)48(10,11)12)38-25-17-14-18-26-38/h13-34H,1-12H3.